The lowest BCUT2D eigenvalue weighted by atomic mass is 10.3. The summed E-state index contributed by atoms with van der Waals surface area (Å²) in [6.07, 6.45) is 1.38. The zero-order valence-corrected chi connectivity index (χ0v) is 12.4. The first-order chi connectivity index (χ1) is 9.94. The van der Waals surface area contributed by atoms with Gasteiger partial charge in [-0.05, 0) is 30.3 Å². The molecule has 0 saturated carbocycles. The van der Waals surface area contributed by atoms with Crippen molar-refractivity contribution >= 4 is 21.4 Å². The molecule has 21 heavy (non-hydrogen) atoms. The average Bonchev–Trinajstić information content (AvgIpc) is 2.47. The highest BCUT2D eigenvalue weighted by molar-refractivity contribution is 7.92. The molecule has 2 rings (SSSR count). The van der Waals surface area contributed by atoms with Crippen LogP contribution in [0.25, 0.3) is 0 Å². The number of pyridine rings is 1. The molecule has 1 aromatic heterocycles. The van der Waals surface area contributed by atoms with Crippen LogP contribution in [0.2, 0.25) is 0 Å². The summed E-state index contributed by atoms with van der Waals surface area (Å²) in [6.45, 7) is 0. The monoisotopic (exact) mass is 302 g/mol. The first kappa shape index (κ1) is 14.8. The van der Waals surface area contributed by atoms with Crippen molar-refractivity contribution in [3.8, 4) is 6.07 Å². The Hall–Kier alpha value is -2.59. The average molecular weight is 302 g/mol. The molecule has 2 aromatic rings. The van der Waals surface area contributed by atoms with Gasteiger partial charge in [0.05, 0.1) is 5.69 Å². The molecule has 1 aromatic carbocycles. The molecule has 7 heteroatoms. The topological polar surface area (TPSA) is 86.1 Å². The Morgan fingerprint density at radius 2 is 2.00 bits per heavy atom. The van der Waals surface area contributed by atoms with Crippen LogP contribution in [0.3, 0.4) is 0 Å². The number of nitrogens with zero attached hydrogens (tertiary/aromatic N) is 3. The van der Waals surface area contributed by atoms with Gasteiger partial charge in [0.1, 0.15) is 11.0 Å². The number of nitrogens with one attached hydrogen (secondary N) is 1. The Kier molecular flexibility index (Phi) is 4.10. The van der Waals surface area contributed by atoms with Crippen LogP contribution in [0.5, 0.6) is 0 Å². The molecule has 1 heterocycles. The predicted octanol–water partition coefficient (Wildman–Crippen LogP) is 1.82. The van der Waals surface area contributed by atoms with E-state index < -0.39 is 10.0 Å². The minimum Gasteiger partial charge on any atom is -0.378 e. The summed E-state index contributed by atoms with van der Waals surface area (Å²) >= 11 is 0. The quantitative estimate of drug-likeness (QED) is 0.931. The van der Waals surface area contributed by atoms with Crippen LogP contribution in [0.4, 0.5) is 11.4 Å². The van der Waals surface area contributed by atoms with Gasteiger partial charge in [0.2, 0.25) is 0 Å². The number of rotatable bonds is 4. The molecule has 0 aliphatic heterocycles. The fourth-order valence-electron chi connectivity index (χ4n) is 1.75. The van der Waals surface area contributed by atoms with Crippen LogP contribution in [0.15, 0.2) is 47.5 Å². The van der Waals surface area contributed by atoms with E-state index in [2.05, 4.69) is 9.71 Å². The van der Waals surface area contributed by atoms with Crippen molar-refractivity contribution in [1.82, 2.24) is 4.98 Å². The SMILES string of the molecule is CN(C)c1cccc(NS(=O)(=O)c2cccnc2C#N)c1. The van der Waals surface area contributed by atoms with E-state index in [0.717, 1.165) is 5.69 Å². The molecule has 108 valence electrons. The van der Waals surface area contributed by atoms with Crippen molar-refractivity contribution in [1.29, 1.82) is 5.26 Å². The van der Waals surface area contributed by atoms with Gasteiger partial charge in [-0.2, -0.15) is 5.26 Å². The van der Waals surface area contributed by atoms with Crippen molar-refractivity contribution in [2.24, 2.45) is 0 Å². The van der Waals surface area contributed by atoms with Gasteiger partial charge in [-0.3, -0.25) is 4.72 Å². The third kappa shape index (κ3) is 3.30. The van der Waals surface area contributed by atoms with E-state index in [-0.39, 0.29) is 10.6 Å². The van der Waals surface area contributed by atoms with E-state index in [1.807, 2.05) is 25.1 Å². The van der Waals surface area contributed by atoms with Crippen LogP contribution in [-0.4, -0.2) is 27.5 Å². The molecular formula is C14H14N4O2S. The molecule has 0 aliphatic carbocycles. The van der Waals surface area contributed by atoms with Crippen LogP contribution in [-0.2, 0) is 10.0 Å². The maximum Gasteiger partial charge on any atom is 0.264 e. The summed E-state index contributed by atoms with van der Waals surface area (Å²) in [5.74, 6) is 0. The van der Waals surface area contributed by atoms with Gasteiger partial charge >= 0.3 is 0 Å². The lowest BCUT2D eigenvalue weighted by molar-refractivity contribution is 0.600. The van der Waals surface area contributed by atoms with Gasteiger partial charge in [0.15, 0.2) is 5.69 Å². The highest BCUT2D eigenvalue weighted by Gasteiger charge is 2.19. The van der Waals surface area contributed by atoms with E-state index in [9.17, 15) is 8.42 Å². The fraction of sp³-hybridized carbons (Fsp3) is 0.143. The molecule has 6 nitrogen and oxygen atoms in total. The third-order valence-corrected chi connectivity index (χ3v) is 4.19. The second-order valence-electron chi connectivity index (χ2n) is 4.51. The molecule has 0 spiro atoms. The van der Waals surface area contributed by atoms with Crippen molar-refractivity contribution in [3.63, 3.8) is 0 Å². The highest BCUT2D eigenvalue weighted by Crippen LogP contribution is 2.21. The van der Waals surface area contributed by atoms with Crippen LogP contribution in [0, 0.1) is 11.3 Å². The van der Waals surface area contributed by atoms with Gasteiger partial charge < -0.3 is 4.90 Å². The number of anilines is 2. The standard InChI is InChI=1S/C14H14N4O2S/c1-18(2)12-6-3-5-11(9-12)17-21(19,20)14-7-4-8-16-13(14)10-15/h3-9,17H,1-2H3. The number of nitriles is 1. The zero-order valence-electron chi connectivity index (χ0n) is 11.6. The minimum atomic E-state index is -3.85. The van der Waals surface area contributed by atoms with E-state index >= 15 is 0 Å². The Bertz CT molecular complexity index is 795. The molecule has 0 saturated heterocycles. The molecule has 0 amide bonds. The Morgan fingerprint density at radius 3 is 2.67 bits per heavy atom. The van der Waals surface area contributed by atoms with Gasteiger partial charge in [0.25, 0.3) is 10.0 Å². The van der Waals surface area contributed by atoms with E-state index in [1.165, 1.54) is 18.3 Å². The highest BCUT2D eigenvalue weighted by atomic mass is 32.2. The lowest BCUT2D eigenvalue weighted by Crippen LogP contribution is -2.15. The molecule has 0 radical (unpaired) electrons. The summed E-state index contributed by atoms with van der Waals surface area (Å²) in [5, 5.41) is 8.95. The number of benzene rings is 1. The summed E-state index contributed by atoms with van der Waals surface area (Å²) in [5.41, 5.74) is 1.16. The molecular weight excluding hydrogens is 288 g/mol. The summed E-state index contributed by atoms with van der Waals surface area (Å²) in [6, 6.07) is 11.6. The zero-order chi connectivity index (χ0) is 15.5. The molecule has 0 aliphatic rings. The maximum atomic E-state index is 12.3. The number of sulfonamides is 1. The third-order valence-electron chi connectivity index (χ3n) is 2.78. The predicted molar refractivity (Wildman–Crippen MR) is 80.5 cm³/mol. The molecule has 0 bridgehead atoms. The first-order valence-corrected chi connectivity index (χ1v) is 7.57. The van der Waals surface area contributed by atoms with E-state index in [1.54, 1.807) is 24.3 Å². The normalized spacial score (nSPS) is 10.7. The molecule has 1 N–H and O–H groups in total. The summed E-state index contributed by atoms with van der Waals surface area (Å²) in [7, 11) is -0.125. The molecule has 0 atom stereocenters. The van der Waals surface area contributed by atoms with E-state index in [0.29, 0.717) is 5.69 Å². The Balaban J connectivity index is 2.38. The minimum absolute atomic E-state index is 0.131. The van der Waals surface area contributed by atoms with Crippen LogP contribution in [0.1, 0.15) is 5.69 Å². The number of aromatic nitrogens is 1. The number of hydrogen-bond acceptors (Lipinski definition) is 5. The maximum absolute atomic E-state index is 12.3. The van der Waals surface area contributed by atoms with Gasteiger partial charge in [0, 0.05) is 26.0 Å². The van der Waals surface area contributed by atoms with Crippen LogP contribution >= 0.6 is 0 Å². The summed E-state index contributed by atoms with van der Waals surface area (Å²) < 4.78 is 27.2. The van der Waals surface area contributed by atoms with Crippen molar-refractivity contribution in [3.05, 3.63) is 48.3 Å². The van der Waals surface area contributed by atoms with E-state index in [4.69, 9.17) is 5.26 Å². The van der Waals surface area contributed by atoms with Gasteiger partial charge in [-0.1, -0.05) is 6.07 Å². The van der Waals surface area contributed by atoms with Gasteiger partial charge in [-0.25, -0.2) is 13.4 Å². The Labute approximate surface area is 123 Å². The van der Waals surface area contributed by atoms with Crippen molar-refractivity contribution in [2.75, 3.05) is 23.7 Å². The lowest BCUT2D eigenvalue weighted by Gasteiger charge is -2.14. The molecule has 0 unspecified atom stereocenters. The largest absolute Gasteiger partial charge is 0.378 e. The second-order valence-corrected chi connectivity index (χ2v) is 6.16. The second kappa shape index (κ2) is 5.81. The van der Waals surface area contributed by atoms with Crippen molar-refractivity contribution in [2.45, 2.75) is 4.90 Å². The smallest absolute Gasteiger partial charge is 0.264 e. The van der Waals surface area contributed by atoms with Crippen molar-refractivity contribution < 1.29 is 8.42 Å². The molecule has 0 fully saturated rings. The van der Waals surface area contributed by atoms with Crippen LogP contribution < -0.4 is 9.62 Å². The van der Waals surface area contributed by atoms with Gasteiger partial charge in [-0.15, -0.1) is 0 Å². The number of hydrogen-bond donors (Lipinski definition) is 1. The Morgan fingerprint density at radius 1 is 1.24 bits per heavy atom. The summed E-state index contributed by atoms with van der Waals surface area (Å²) in [4.78, 5) is 5.49. The fourth-order valence-corrected chi connectivity index (χ4v) is 2.91. The first-order valence-electron chi connectivity index (χ1n) is 6.09.